The first kappa shape index (κ1) is 26.3. The van der Waals surface area contributed by atoms with Crippen LogP contribution in [0.4, 0.5) is 0 Å². The Morgan fingerprint density at radius 1 is 0.478 bits per heavy atom. The second-order valence-electron chi connectivity index (χ2n) is 11.2. The van der Waals surface area contributed by atoms with Crippen molar-refractivity contribution < 1.29 is 0 Å². The number of thiophene rings is 1. The van der Waals surface area contributed by atoms with Crippen LogP contribution in [0.25, 0.3) is 81.8 Å². The summed E-state index contributed by atoms with van der Waals surface area (Å²) in [6.45, 7) is 0. The molecule has 214 valence electrons. The highest BCUT2D eigenvalue weighted by Crippen LogP contribution is 2.41. The van der Waals surface area contributed by atoms with Gasteiger partial charge in [0.25, 0.3) is 0 Å². The van der Waals surface area contributed by atoms with Crippen LogP contribution in [0, 0.1) is 11.3 Å². The van der Waals surface area contributed by atoms with Gasteiger partial charge in [-0.1, -0.05) is 97.1 Å². The molecule has 0 radical (unpaired) electrons. The van der Waals surface area contributed by atoms with E-state index in [1.165, 1.54) is 20.2 Å². The molecular weight excluding hydrogens is 583 g/mol. The van der Waals surface area contributed by atoms with Crippen molar-refractivity contribution in [1.82, 2.24) is 19.5 Å². The Morgan fingerprint density at radius 2 is 1.09 bits per heavy atom. The topological polar surface area (TPSA) is 67.4 Å². The third-order valence-electron chi connectivity index (χ3n) is 8.49. The highest BCUT2D eigenvalue weighted by Gasteiger charge is 2.19. The third-order valence-corrected chi connectivity index (χ3v) is 9.62. The molecule has 0 aliphatic heterocycles. The van der Waals surface area contributed by atoms with Gasteiger partial charge in [-0.2, -0.15) is 5.26 Å². The molecule has 9 aromatic rings. The highest BCUT2D eigenvalue weighted by atomic mass is 32.1. The lowest BCUT2D eigenvalue weighted by Crippen LogP contribution is -2.02. The summed E-state index contributed by atoms with van der Waals surface area (Å²) in [5, 5.41) is 15.4. The zero-order valence-electron chi connectivity index (χ0n) is 24.4. The van der Waals surface area contributed by atoms with Crippen LogP contribution in [-0.4, -0.2) is 19.5 Å². The summed E-state index contributed by atoms with van der Waals surface area (Å²) in [5.74, 6) is 1.69. The van der Waals surface area contributed by atoms with Gasteiger partial charge in [-0.3, -0.25) is 0 Å². The molecule has 0 saturated carbocycles. The van der Waals surface area contributed by atoms with Gasteiger partial charge in [0.15, 0.2) is 17.5 Å². The van der Waals surface area contributed by atoms with Gasteiger partial charge >= 0.3 is 0 Å². The molecule has 5 nitrogen and oxygen atoms in total. The number of nitrogens with zero attached hydrogens (tertiary/aromatic N) is 5. The minimum Gasteiger partial charge on any atom is -0.308 e. The van der Waals surface area contributed by atoms with Crippen LogP contribution in [0.1, 0.15) is 5.56 Å². The van der Waals surface area contributed by atoms with Crippen LogP contribution in [0.5, 0.6) is 0 Å². The first-order valence-electron chi connectivity index (χ1n) is 15.0. The third kappa shape index (κ3) is 4.18. The van der Waals surface area contributed by atoms with E-state index in [0.717, 1.165) is 44.2 Å². The lowest BCUT2D eigenvalue weighted by atomic mass is 10.1. The van der Waals surface area contributed by atoms with Crippen molar-refractivity contribution in [3.63, 3.8) is 0 Å². The molecule has 0 unspecified atom stereocenters. The van der Waals surface area contributed by atoms with Gasteiger partial charge in [0.05, 0.1) is 22.3 Å². The molecule has 0 spiro atoms. The van der Waals surface area contributed by atoms with Crippen molar-refractivity contribution in [3.8, 4) is 45.9 Å². The number of hydrogen-bond donors (Lipinski definition) is 0. The fourth-order valence-electron chi connectivity index (χ4n) is 6.34. The summed E-state index contributed by atoms with van der Waals surface area (Å²) in [6, 6.07) is 49.8. The minimum atomic E-state index is 0.518. The van der Waals surface area contributed by atoms with E-state index in [9.17, 15) is 5.26 Å². The van der Waals surface area contributed by atoms with Crippen LogP contribution < -0.4 is 0 Å². The lowest BCUT2D eigenvalue weighted by molar-refractivity contribution is 1.07. The van der Waals surface area contributed by atoms with E-state index in [-0.39, 0.29) is 0 Å². The minimum absolute atomic E-state index is 0.518. The van der Waals surface area contributed by atoms with E-state index in [1.807, 2.05) is 78.9 Å². The Balaban J connectivity index is 1.26. The number of nitriles is 1. The largest absolute Gasteiger partial charge is 0.308 e. The molecule has 0 aliphatic carbocycles. The van der Waals surface area contributed by atoms with Crippen LogP contribution in [0.3, 0.4) is 0 Å². The van der Waals surface area contributed by atoms with E-state index < -0.39 is 0 Å². The second-order valence-corrected chi connectivity index (χ2v) is 12.3. The SMILES string of the molecule is N#Cc1cc(-c2nc(-c3ccccc3)nc(-c3ccccc3)n2)ccc1-n1c2ccccc2c2cc3c(cc21)sc1ccccc13. The molecule has 46 heavy (non-hydrogen) atoms. The maximum absolute atomic E-state index is 10.6. The molecule has 0 saturated heterocycles. The Morgan fingerprint density at radius 3 is 1.78 bits per heavy atom. The molecule has 0 aliphatic rings. The number of rotatable bonds is 4. The van der Waals surface area contributed by atoms with Crippen molar-refractivity contribution in [1.29, 1.82) is 5.26 Å². The van der Waals surface area contributed by atoms with Crippen molar-refractivity contribution >= 4 is 53.3 Å². The average molecular weight is 606 g/mol. The smallest absolute Gasteiger partial charge is 0.164 e. The summed E-state index contributed by atoms with van der Waals surface area (Å²) in [5.41, 5.74) is 6.04. The van der Waals surface area contributed by atoms with E-state index in [1.54, 1.807) is 11.3 Å². The summed E-state index contributed by atoms with van der Waals surface area (Å²) in [7, 11) is 0. The van der Waals surface area contributed by atoms with Crippen LogP contribution in [0.2, 0.25) is 0 Å². The fourth-order valence-corrected chi connectivity index (χ4v) is 7.47. The first-order chi connectivity index (χ1) is 22.7. The summed E-state index contributed by atoms with van der Waals surface area (Å²) < 4.78 is 4.71. The van der Waals surface area contributed by atoms with Crippen molar-refractivity contribution in [3.05, 3.63) is 145 Å². The van der Waals surface area contributed by atoms with Crippen molar-refractivity contribution in [2.75, 3.05) is 0 Å². The standard InChI is InChI=1S/C40H23N5S/c41-24-28-21-27(40-43-38(25-11-3-1-4-12-25)42-39(44-40)26-13-5-2-6-14-26)19-20-33(28)45-34-17-9-7-15-29(34)31-22-32-30-16-8-10-18-36(30)46-37(32)23-35(31)45/h1-23H. The Kier molecular flexibility index (Phi) is 5.98. The summed E-state index contributed by atoms with van der Waals surface area (Å²) in [6.07, 6.45) is 0. The number of para-hydroxylation sites is 1. The van der Waals surface area contributed by atoms with Crippen LogP contribution in [0.15, 0.2) is 140 Å². The maximum Gasteiger partial charge on any atom is 0.164 e. The van der Waals surface area contributed by atoms with Gasteiger partial charge in [-0.25, -0.2) is 15.0 Å². The van der Waals surface area contributed by atoms with E-state index in [0.29, 0.717) is 23.0 Å². The molecular formula is C40H23N5S. The second kappa shape index (κ2) is 10.5. The van der Waals surface area contributed by atoms with Gasteiger partial charge in [-0.05, 0) is 42.5 Å². The molecule has 6 aromatic carbocycles. The molecule has 0 N–H and O–H groups in total. The molecule has 0 fully saturated rings. The van der Waals surface area contributed by atoms with Gasteiger partial charge in [0, 0.05) is 47.6 Å². The normalized spacial score (nSPS) is 11.5. The first-order valence-corrected chi connectivity index (χ1v) is 15.8. The fraction of sp³-hybridized carbons (Fsp3) is 0. The van der Waals surface area contributed by atoms with E-state index in [2.05, 4.69) is 71.3 Å². The van der Waals surface area contributed by atoms with Gasteiger partial charge in [0.2, 0.25) is 0 Å². The molecule has 3 aromatic heterocycles. The van der Waals surface area contributed by atoms with E-state index >= 15 is 0 Å². The van der Waals surface area contributed by atoms with Crippen LogP contribution in [-0.2, 0) is 0 Å². The highest BCUT2D eigenvalue weighted by molar-refractivity contribution is 7.25. The average Bonchev–Trinajstić information content (AvgIpc) is 3.65. The zero-order chi connectivity index (χ0) is 30.6. The van der Waals surface area contributed by atoms with E-state index in [4.69, 9.17) is 15.0 Å². The number of fused-ring (bicyclic) bond motifs is 6. The quantitative estimate of drug-likeness (QED) is 0.200. The molecule has 0 amide bonds. The number of benzene rings is 6. The molecule has 6 heteroatoms. The van der Waals surface area contributed by atoms with Gasteiger partial charge in [0.1, 0.15) is 6.07 Å². The zero-order valence-corrected chi connectivity index (χ0v) is 25.2. The Bertz CT molecular complexity index is 2590. The summed E-state index contributed by atoms with van der Waals surface area (Å²) >= 11 is 1.80. The maximum atomic E-state index is 10.6. The van der Waals surface area contributed by atoms with Crippen molar-refractivity contribution in [2.45, 2.75) is 0 Å². The van der Waals surface area contributed by atoms with Crippen molar-refractivity contribution in [2.24, 2.45) is 0 Å². The molecule has 0 atom stereocenters. The van der Waals surface area contributed by atoms with Gasteiger partial charge in [-0.15, -0.1) is 11.3 Å². The molecule has 0 bridgehead atoms. The Labute approximate surface area is 268 Å². The molecule has 9 rings (SSSR count). The predicted molar refractivity (Wildman–Crippen MR) is 188 cm³/mol. The predicted octanol–water partition coefficient (Wildman–Crippen LogP) is 10.2. The van der Waals surface area contributed by atoms with Gasteiger partial charge < -0.3 is 4.57 Å². The number of hydrogen-bond acceptors (Lipinski definition) is 5. The lowest BCUT2D eigenvalue weighted by Gasteiger charge is -2.12. The monoisotopic (exact) mass is 605 g/mol. The van der Waals surface area contributed by atoms with Crippen LogP contribution >= 0.6 is 11.3 Å². The summed E-state index contributed by atoms with van der Waals surface area (Å²) in [4.78, 5) is 14.6. The molecule has 3 heterocycles. The Hall–Kier alpha value is -6.16. The number of aromatic nitrogens is 4.